The van der Waals surface area contributed by atoms with E-state index in [-0.39, 0.29) is 4.90 Å². The lowest BCUT2D eigenvalue weighted by Crippen LogP contribution is -2.22. The maximum absolute atomic E-state index is 13.2. The molecule has 0 bridgehead atoms. The Kier molecular flexibility index (Phi) is 5.90. The molecule has 0 spiro atoms. The minimum absolute atomic E-state index is 0.197. The zero-order valence-electron chi connectivity index (χ0n) is 16.0. The van der Waals surface area contributed by atoms with Crippen molar-refractivity contribution in [3.8, 4) is 0 Å². The molecule has 0 atom stereocenters. The second-order valence-corrected chi connectivity index (χ2v) is 8.47. The van der Waals surface area contributed by atoms with Crippen molar-refractivity contribution < 1.29 is 22.3 Å². The maximum atomic E-state index is 13.2. The lowest BCUT2D eigenvalue weighted by Gasteiger charge is -2.21. The maximum Gasteiger partial charge on any atom is 0.340 e. The van der Waals surface area contributed by atoms with Crippen LogP contribution in [-0.2, 0) is 19.4 Å². The number of benzene rings is 2. The van der Waals surface area contributed by atoms with E-state index in [1.54, 1.807) is 26.0 Å². The topological polar surface area (TPSA) is 60.4 Å². The summed E-state index contributed by atoms with van der Waals surface area (Å²) < 4.78 is 42.0. The molecule has 0 unspecified atom stereocenters. The van der Waals surface area contributed by atoms with E-state index in [0.29, 0.717) is 22.3 Å². The average molecular weight is 390 g/mol. The van der Waals surface area contributed by atoms with Crippen molar-refractivity contribution in [2.45, 2.75) is 38.2 Å². The molecule has 6 heteroatoms. The molecule has 0 amide bonds. The van der Waals surface area contributed by atoms with E-state index in [2.05, 4.69) is 0 Å². The van der Waals surface area contributed by atoms with Gasteiger partial charge in [0.2, 0.25) is 0 Å². The molecule has 4 nitrogen and oxygen atoms in total. The molecule has 1 heterocycles. The third-order valence-corrected chi connectivity index (χ3v) is 5.24. The summed E-state index contributed by atoms with van der Waals surface area (Å²) in [6.45, 7) is 7.53. The van der Waals surface area contributed by atoms with Crippen LogP contribution < -0.4 is 0 Å². The van der Waals surface area contributed by atoms with E-state index in [9.17, 15) is 17.6 Å². The lowest BCUT2D eigenvalue weighted by molar-refractivity contribution is -0.141. The second kappa shape index (κ2) is 7.64. The predicted octanol–water partition coefficient (Wildman–Crippen LogP) is 4.50. The van der Waals surface area contributed by atoms with Crippen molar-refractivity contribution in [1.82, 2.24) is 0 Å². The first-order valence-electron chi connectivity index (χ1n) is 8.64. The third-order valence-electron chi connectivity index (χ3n) is 4.11. The Morgan fingerprint density at radius 1 is 0.889 bits per heavy atom. The zero-order chi connectivity index (χ0) is 20.4. The Morgan fingerprint density at radius 3 is 1.85 bits per heavy atom. The SMILES string of the molecule is CC.CC1(C)OC(=O)C(c2ccc(F)cc2)=C1c1ccc(S(C)(=O)=O)cc1. The molecule has 2 aromatic rings. The van der Waals surface area contributed by atoms with Gasteiger partial charge in [-0.15, -0.1) is 0 Å². The fraction of sp³-hybridized carbons (Fsp3) is 0.286. The molecule has 0 radical (unpaired) electrons. The highest BCUT2D eigenvalue weighted by Gasteiger charge is 2.41. The summed E-state index contributed by atoms with van der Waals surface area (Å²) in [6, 6.07) is 11.9. The first-order valence-corrected chi connectivity index (χ1v) is 10.5. The molecule has 27 heavy (non-hydrogen) atoms. The number of hydrogen-bond acceptors (Lipinski definition) is 4. The number of esters is 1. The largest absolute Gasteiger partial charge is 0.451 e. The summed E-state index contributed by atoms with van der Waals surface area (Å²) in [5.41, 5.74) is 1.36. The number of cyclic esters (lactones) is 1. The monoisotopic (exact) mass is 390 g/mol. The highest BCUT2D eigenvalue weighted by molar-refractivity contribution is 7.90. The van der Waals surface area contributed by atoms with E-state index in [1.165, 1.54) is 36.4 Å². The first kappa shape index (κ1) is 20.8. The summed E-state index contributed by atoms with van der Waals surface area (Å²) in [7, 11) is -3.31. The Morgan fingerprint density at radius 2 is 1.37 bits per heavy atom. The third kappa shape index (κ3) is 4.27. The lowest BCUT2D eigenvalue weighted by atomic mass is 9.87. The van der Waals surface area contributed by atoms with Crippen LogP contribution >= 0.6 is 0 Å². The number of halogens is 1. The van der Waals surface area contributed by atoms with Crippen LogP contribution in [-0.4, -0.2) is 26.2 Å². The number of sulfone groups is 1. The van der Waals surface area contributed by atoms with Crippen molar-refractivity contribution in [3.63, 3.8) is 0 Å². The van der Waals surface area contributed by atoms with Crippen LogP contribution in [0.15, 0.2) is 53.4 Å². The quantitative estimate of drug-likeness (QED) is 0.724. The number of carbonyl (C=O) groups excluding carboxylic acids is 1. The number of rotatable bonds is 3. The summed E-state index contributed by atoms with van der Waals surface area (Å²) in [4.78, 5) is 12.6. The van der Waals surface area contributed by atoms with E-state index in [1.807, 2.05) is 13.8 Å². The molecule has 3 rings (SSSR count). The van der Waals surface area contributed by atoms with Gasteiger partial charge in [0.15, 0.2) is 9.84 Å². The second-order valence-electron chi connectivity index (χ2n) is 6.45. The molecular formula is C21H23FO4S. The van der Waals surface area contributed by atoms with Crippen molar-refractivity contribution in [1.29, 1.82) is 0 Å². The minimum atomic E-state index is -3.31. The minimum Gasteiger partial charge on any atom is -0.451 e. The molecule has 2 aromatic carbocycles. The van der Waals surface area contributed by atoms with Gasteiger partial charge in [-0.2, -0.15) is 0 Å². The predicted molar refractivity (Wildman–Crippen MR) is 104 cm³/mol. The molecule has 1 aliphatic heterocycles. The van der Waals surface area contributed by atoms with Gasteiger partial charge in [0.1, 0.15) is 11.4 Å². The summed E-state index contributed by atoms with van der Waals surface area (Å²) >= 11 is 0. The fourth-order valence-corrected chi connectivity index (χ4v) is 3.61. The van der Waals surface area contributed by atoms with Crippen LogP contribution in [0.5, 0.6) is 0 Å². The van der Waals surface area contributed by atoms with E-state index in [0.717, 1.165) is 6.26 Å². The zero-order valence-corrected chi connectivity index (χ0v) is 16.9. The van der Waals surface area contributed by atoms with Crippen molar-refractivity contribution in [2.24, 2.45) is 0 Å². The smallest absolute Gasteiger partial charge is 0.340 e. The molecule has 0 N–H and O–H groups in total. The van der Waals surface area contributed by atoms with Gasteiger partial charge in [0.25, 0.3) is 0 Å². The van der Waals surface area contributed by atoms with E-state index >= 15 is 0 Å². The van der Waals surface area contributed by atoms with Gasteiger partial charge in [-0.25, -0.2) is 17.6 Å². The van der Waals surface area contributed by atoms with Gasteiger partial charge in [0, 0.05) is 11.8 Å². The molecule has 0 saturated heterocycles. The van der Waals surface area contributed by atoms with Crippen LogP contribution in [0.3, 0.4) is 0 Å². The Labute approximate surface area is 159 Å². The Balaban J connectivity index is 0.00000126. The Hall–Kier alpha value is -2.47. The molecule has 0 aromatic heterocycles. The van der Waals surface area contributed by atoms with Crippen molar-refractivity contribution in [2.75, 3.05) is 6.26 Å². The Bertz CT molecular complexity index is 970. The highest BCUT2D eigenvalue weighted by Crippen LogP contribution is 2.43. The number of ether oxygens (including phenoxy) is 1. The standard InChI is InChI=1S/C19H17FO4S.C2H6/c1-19(2)17(13-6-10-15(11-7-13)25(3,22)23)16(18(21)24-19)12-4-8-14(20)9-5-12;1-2/h4-11H,1-3H3;1-2H3. The molecule has 0 aliphatic carbocycles. The summed E-state index contributed by atoms with van der Waals surface area (Å²) in [5.74, 6) is -0.882. The van der Waals surface area contributed by atoms with Crippen molar-refractivity contribution >= 4 is 27.0 Å². The van der Waals surface area contributed by atoms with Gasteiger partial charge in [-0.05, 0) is 49.2 Å². The van der Waals surface area contributed by atoms with Gasteiger partial charge in [0.05, 0.1) is 10.5 Å². The van der Waals surface area contributed by atoms with Crippen molar-refractivity contribution in [3.05, 3.63) is 65.5 Å². The summed E-state index contributed by atoms with van der Waals surface area (Å²) in [5, 5.41) is 0. The molecule has 0 saturated carbocycles. The average Bonchev–Trinajstić information content (AvgIpc) is 2.85. The van der Waals surface area contributed by atoms with E-state index in [4.69, 9.17) is 4.74 Å². The van der Waals surface area contributed by atoms with Gasteiger partial charge in [-0.1, -0.05) is 38.1 Å². The molecular weight excluding hydrogens is 367 g/mol. The van der Waals surface area contributed by atoms with E-state index < -0.39 is 27.2 Å². The number of carbonyl (C=O) groups is 1. The van der Waals surface area contributed by atoms with Crippen LogP contribution in [0, 0.1) is 5.82 Å². The number of hydrogen-bond donors (Lipinski definition) is 0. The van der Waals surface area contributed by atoms with Gasteiger partial charge in [-0.3, -0.25) is 0 Å². The van der Waals surface area contributed by atoms with Crippen LogP contribution in [0.2, 0.25) is 0 Å². The van der Waals surface area contributed by atoms with Crippen LogP contribution in [0.25, 0.3) is 11.1 Å². The van der Waals surface area contributed by atoms with Gasteiger partial charge < -0.3 is 4.74 Å². The first-order chi connectivity index (χ1) is 12.6. The van der Waals surface area contributed by atoms with Crippen LogP contribution in [0.4, 0.5) is 4.39 Å². The normalized spacial score (nSPS) is 15.9. The summed E-state index contributed by atoms with van der Waals surface area (Å²) in [6.07, 6.45) is 1.14. The molecule has 1 aliphatic rings. The van der Waals surface area contributed by atoms with Gasteiger partial charge >= 0.3 is 5.97 Å². The van der Waals surface area contributed by atoms with Crippen LogP contribution in [0.1, 0.15) is 38.8 Å². The highest BCUT2D eigenvalue weighted by atomic mass is 32.2. The molecule has 144 valence electrons. The fourth-order valence-electron chi connectivity index (χ4n) is 2.98. The molecule has 0 fully saturated rings.